The molecule has 24 heavy (non-hydrogen) atoms. The first kappa shape index (κ1) is 16.5. The number of rotatable bonds is 4. The minimum Gasteiger partial charge on any atom is -0.481 e. The smallest absolute Gasteiger partial charge is 0.262 e. The Morgan fingerprint density at radius 1 is 1.17 bits per heavy atom. The number of fused-ring (bicyclic) bond motifs is 1. The van der Waals surface area contributed by atoms with Gasteiger partial charge in [0.05, 0.1) is 10.0 Å². The second-order valence-electron chi connectivity index (χ2n) is 4.91. The van der Waals surface area contributed by atoms with Crippen LogP contribution in [0, 0.1) is 5.82 Å². The first-order valence-corrected chi connectivity index (χ1v) is 7.71. The van der Waals surface area contributed by atoms with E-state index in [9.17, 15) is 9.18 Å². The monoisotopic (exact) mass is 364 g/mol. The number of nitrogens with zero attached hydrogens (tertiary/aromatic N) is 1. The average Bonchev–Trinajstić information content (AvgIpc) is 2.58. The molecule has 122 valence electrons. The summed E-state index contributed by atoms with van der Waals surface area (Å²) in [5.74, 6) is -0.511. The maximum Gasteiger partial charge on any atom is 0.262 e. The van der Waals surface area contributed by atoms with Crippen molar-refractivity contribution in [1.29, 1.82) is 0 Å². The van der Waals surface area contributed by atoms with Crippen LogP contribution in [0.4, 0.5) is 10.1 Å². The predicted molar refractivity (Wildman–Crippen MR) is 92.3 cm³/mol. The fourth-order valence-corrected chi connectivity index (χ4v) is 2.54. The molecular weight excluding hydrogens is 354 g/mol. The maximum atomic E-state index is 13.1. The lowest BCUT2D eigenvalue weighted by Gasteiger charge is -2.10. The number of hydrogen-bond acceptors (Lipinski definition) is 3. The molecule has 0 saturated heterocycles. The van der Waals surface area contributed by atoms with Crippen LogP contribution in [0.3, 0.4) is 0 Å². The van der Waals surface area contributed by atoms with Crippen LogP contribution >= 0.6 is 23.2 Å². The number of amides is 1. The molecule has 0 aliphatic carbocycles. The van der Waals surface area contributed by atoms with Crippen LogP contribution in [-0.4, -0.2) is 17.5 Å². The van der Waals surface area contributed by atoms with Gasteiger partial charge in [-0.2, -0.15) is 0 Å². The molecule has 2 aromatic carbocycles. The third kappa shape index (κ3) is 3.58. The Bertz CT molecular complexity index is 918. The molecular formula is C17H11Cl2FN2O2. The second-order valence-corrected chi connectivity index (χ2v) is 5.73. The number of ether oxygens (including phenoxy) is 1. The van der Waals surface area contributed by atoms with Gasteiger partial charge in [0.1, 0.15) is 17.1 Å². The molecule has 0 unspecified atom stereocenters. The number of halogens is 3. The zero-order valence-electron chi connectivity index (χ0n) is 12.2. The van der Waals surface area contributed by atoms with Crippen LogP contribution in [0.15, 0.2) is 48.7 Å². The maximum absolute atomic E-state index is 13.1. The Balaban J connectivity index is 1.70. The number of pyridine rings is 1. The molecule has 0 spiro atoms. The molecule has 1 aromatic heterocycles. The van der Waals surface area contributed by atoms with E-state index < -0.39 is 11.7 Å². The van der Waals surface area contributed by atoms with Gasteiger partial charge in [-0.3, -0.25) is 9.78 Å². The highest BCUT2D eigenvalue weighted by Gasteiger charge is 2.10. The average molecular weight is 365 g/mol. The van der Waals surface area contributed by atoms with Gasteiger partial charge in [0.2, 0.25) is 0 Å². The Labute approximate surface area is 147 Å². The molecule has 0 atom stereocenters. The van der Waals surface area contributed by atoms with E-state index in [1.165, 1.54) is 18.2 Å². The number of benzene rings is 2. The standard InChI is InChI=1S/C17H11Cl2FN2O2/c18-12-4-6-15(17-11(12)2-1-7-21-17)24-9-16(23)22-10-3-5-14(20)13(19)8-10/h1-8H,9H2,(H,22,23). The minimum atomic E-state index is -0.551. The molecule has 0 bridgehead atoms. The lowest BCUT2D eigenvalue weighted by Crippen LogP contribution is -2.20. The van der Waals surface area contributed by atoms with Crippen LogP contribution in [0.1, 0.15) is 0 Å². The van der Waals surface area contributed by atoms with Gasteiger partial charge in [0.25, 0.3) is 5.91 Å². The van der Waals surface area contributed by atoms with Gasteiger partial charge < -0.3 is 10.1 Å². The summed E-state index contributed by atoms with van der Waals surface area (Å²) in [7, 11) is 0. The van der Waals surface area contributed by atoms with Crippen molar-refractivity contribution in [2.75, 3.05) is 11.9 Å². The summed E-state index contributed by atoms with van der Waals surface area (Å²) in [4.78, 5) is 16.2. The van der Waals surface area contributed by atoms with E-state index in [1.54, 1.807) is 24.4 Å². The molecule has 1 heterocycles. The first-order chi connectivity index (χ1) is 11.5. The molecule has 7 heteroatoms. The van der Waals surface area contributed by atoms with E-state index in [4.69, 9.17) is 27.9 Å². The quantitative estimate of drug-likeness (QED) is 0.729. The van der Waals surface area contributed by atoms with Crippen molar-refractivity contribution in [3.05, 3.63) is 64.5 Å². The van der Waals surface area contributed by atoms with Gasteiger partial charge in [-0.25, -0.2) is 4.39 Å². The number of aromatic nitrogens is 1. The van der Waals surface area contributed by atoms with E-state index in [2.05, 4.69) is 10.3 Å². The fourth-order valence-electron chi connectivity index (χ4n) is 2.14. The van der Waals surface area contributed by atoms with Crippen molar-refractivity contribution in [2.24, 2.45) is 0 Å². The zero-order valence-corrected chi connectivity index (χ0v) is 13.7. The van der Waals surface area contributed by atoms with Gasteiger partial charge in [0, 0.05) is 17.3 Å². The third-order valence-corrected chi connectivity index (χ3v) is 3.86. The Kier molecular flexibility index (Phi) is 4.83. The van der Waals surface area contributed by atoms with Crippen molar-refractivity contribution >= 4 is 45.7 Å². The lowest BCUT2D eigenvalue weighted by molar-refractivity contribution is -0.118. The van der Waals surface area contributed by atoms with Crippen LogP contribution in [0.5, 0.6) is 5.75 Å². The molecule has 3 rings (SSSR count). The van der Waals surface area contributed by atoms with Crippen molar-refractivity contribution in [2.45, 2.75) is 0 Å². The van der Waals surface area contributed by atoms with Gasteiger partial charge >= 0.3 is 0 Å². The largest absolute Gasteiger partial charge is 0.481 e. The predicted octanol–water partition coefficient (Wildman–Crippen LogP) is 4.70. The SMILES string of the molecule is O=C(COc1ccc(Cl)c2cccnc12)Nc1ccc(F)c(Cl)c1. The highest BCUT2D eigenvalue weighted by atomic mass is 35.5. The van der Waals surface area contributed by atoms with Crippen molar-refractivity contribution in [3.63, 3.8) is 0 Å². The second kappa shape index (κ2) is 7.03. The van der Waals surface area contributed by atoms with Crippen LogP contribution in [-0.2, 0) is 4.79 Å². The molecule has 0 fully saturated rings. The number of hydrogen-bond donors (Lipinski definition) is 1. The normalized spacial score (nSPS) is 10.6. The summed E-state index contributed by atoms with van der Waals surface area (Å²) in [6.07, 6.45) is 1.62. The van der Waals surface area contributed by atoms with E-state index in [0.29, 0.717) is 22.0 Å². The summed E-state index contributed by atoms with van der Waals surface area (Å²) >= 11 is 11.8. The zero-order chi connectivity index (χ0) is 17.1. The van der Waals surface area contributed by atoms with Crippen molar-refractivity contribution < 1.29 is 13.9 Å². The Morgan fingerprint density at radius 2 is 2.00 bits per heavy atom. The number of carbonyl (C=O) groups excluding carboxylic acids is 1. The number of anilines is 1. The first-order valence-electron chi connectivity index (χ1n) is 6.95. The van der Waals surface area contributed by atoms with Gasteiger partial charge in [-0.05, 0) is 42.5 Å². The molecule has 4 nitrogen and oxygen atoms in total. The van der Waals surface area contributed by atoms with Crippen molar-refractivity contribution in [3.8, 4) is 5.75 Å². The van der Waals surface area contributed by atoms with Gasteiger partial charge in [0.15, 0.2) is 6.61 Å². The van der Waals surface area contributed by atoms with Crippen molar-refractivity contribution in [1.82, 2.24) is 4.98 Å². The minimum absolute atomic E-state index is 0.0680. The highest BCUT2D eigenvalue weighted by molar-refractivity contribution is 6.35. The van der Waals surface area contributed by atoms with E-state index in [-0.39, 0.29) is 11.6 Å². The fraction of sp³-hybridized carbons (Fsp3) is 0.0588. The van der Waals surface area contributed by atoms with Crippen LogP contribution in [0.2, 0.25) is 10.0 Å². The molecule has 0 radical (unpaired) electrons. The number of carbonyl (C=O) groups is 1. The van der Waals surface area contributed by atoms with Crippen LogP contribution < -0.4 is 10.1 Å². The Hall–Kier alpha value is -2.37. The summed E-state index contributed by atoms with van der Waals surface area (Å²) in [5, 5.41) is 3.80. The summed E-state index contributed by atoms with van der Waals surface area (Å²) in [5.41, 5.74) is 0.955. The summed E-state index contributed by atoms with van der Waals surface area (Å²) in [6.45, 7) is -0.234. The van der Waals surface area contributed by atoms with E-state index >= 15 is 0 Å². The molecule has 0 aliphatic rings. The van der Waals surface area contributed by atoms with Gasteiger partial charge in [-0.1, -0.05) is 23.2 Å². The summed E-state index contributed by atoms with van der Waals surface area (Å²) < 4.78 is 18.6. The van der Waals surface area contributed by atoms with Gasteiger partial charge in [-0.15, -0.1) is 0 Å². The Morgan fingerprint density at radius 3 is 2.79 bits per heavy atom. The van der Waals surface area contributed by atoms with E-state index in [1.807, 2.05) is 6.07 Å². The molecule has 0 aliphatic heterocycles. The third-order valence-electron chi connectivity index (χ3n) is 3.24. The highest BCUT2D eigenvalue weighted by Crippen LogP contribution is 2.29. The molecule has 1 amide bonds. The topological polar surface area (TPSA) is 51.2 Å². The lowest BCUT2D eigenvalue weighted by atomic mass is 10.2. The van der Waals surface area contributed by atoms with Crippen LogP contribution in [0.25, 0.3) is 10.9 Å². The molecule has 0 saturated carbocycles. The summed E-state index contributed by atoms with van der Waals surface area (Å²) in [6, 6.07) is 10.8. The number of nitrogens with one attached hydrogen (secondary N) is 1. The molecule has 3 aromatic rings. The van der Waals surface area contributed by atoms with E-state index in [0.717, 1.165) is 5.39 Å². The molecule has 1 N–H and O–H groups in total.